The number of thioether (sulfide) groups is 1. The number of hydrogen-bond acceptors (Lipinski definition) is 5. The molecule has 17 heavy (non-hydrogen) atoms. The SMILES string of the molecule is CSc1cncc(N2CCC(C(=O)O)CC2)n1. The number of aliphatic carboxylic acids is 1. The largest absolute Gasteiger partial charge is 0.481 e. The molecule has 1 fully saturated rings. The summed E-state index contributed by atoms with van der Waals surface area (Å²) in [4.78, 5) is 21.6. The molecule has 6 heteroatoms. The van der Waals surface area contributed by atoms with Gasteiger partial charge in [0.05, 0.1) is 18.3 Å². The van der Waals surface area contributed by atoms with E-state index in [-0.39, 0.29) is 5.92 Å². The van der Waals surface area contributed by atoms with Crippen LogP contribution < -0.4 is 4.90 Å². The minimum Gasteiger partial charge on any atom is -0.481 e. The van der Waals surface area contributed by atoms with Crippen molar-refractivity contribution in [3.63, 3.8) is 0 Å². The molecule has 0 radical (unpaired) electrons. The van der Waals surface area contributed by atoms with Crippen molar-refractivity contribution in [2.24, 2.45) is 5.92 Å². The molecule has 1 N–H and O–H groups in total. The van der Waals surface area contributed by atoms with Gasteiger partial charge < -0.3 is 10.0 Å². The van der Waals surface area contributed by atoms with Crippen LogP contribution in [0.25, 0.3) is 0 Å². The van der Waals surface area contributed by atoms with Crippen molar-refractivity contribution < 1.29 is 9.90 Å². The highest BCUT2D eigenvalue weighted by Crippen LogP contribution is 2.22. The zero-order valence-electron chi connectivity index (χ0n) is 9.67. The Bertz CT molecular complexity index is 405. The fraction of sp³-hybridized carbons (Fsp3) is 0.545. The molecule has 0 bridgehead atoms. The van der Waals surface area contributed by atoms with Gasteiger partial charge in [0.25, 0.3) is 0 Å². The van der Waals surface area contributed by atoms with Crippen LogP contribution in [0.3, 0.4) is 0 Å². The van der Waals surface area contributed by atoms with Crippen LogP contribution in [0.15, 0.2) is 17.4 Å². The first-order valence-corrected chi connectivity index (χ1v) is 6.77. The maximum absolute atomic E-state index is 10.8. The van der Waals surface area contributed by atoms with E-state index in [9.17, 15) is 4.79 Å². The van der Waals surface area contributed by atoms with Gasteiger partial charge in [-0.15, -0.1) is 11.8 Å². The van der Waals surface area contributed by atoms with Crippen molar-refractivity contribution in [1.29, 1.82) is 0 Å². The quantitative estimate of drug-likeness (QED) is 0.823. The minimum absolute atomic E-state index is 0.206. The van der Waals surface area contributed by atoms with E-state index in [0.29, 0.717) is 12.8 Å². The zero-order valence-corrected chi connectivity index (χ0v) is 10.5. The predicted molar refractivity (Wildman–Crippen MR) is 66.4 cm³/mol. The van der Waals surface area contributed by atoms with E-state index in [1.54, 1.807) is 24.2 Å². The van der Waals surface area contributed by atoms with Crippen molar-refractivity contribution in [2.75, 3.05) is 24.2 Å². The number of carbonyl (C=O) groups is 1. The molecule has 2 rings (SSSR count). The third-order valence-corrected chi connectivity index (χ3v) is 3.59. The van der Waals surface area contributed by atoms with Crippen LogP contribution in [0.2, 0.25) is 0 Å². The van der Waals surface area contributed by atoms with Gasteiger partial charge in [0, 0.05) is 13.1 Å². The molecule has 0 unspecified atom stereocenters. The lowest BCUT2D eigenvalue weighted by Crippen LogP contribution is -2.36. The summed E-state index contributed by atoms with van der Waals surface area (Å²) in [6, 6.07) is 0. The predicted octanol–water partition coefficient (Wildman–Crippen LogP) is 1.50. The van der Waals surface area contributed by atoms with Gasteiger partial charge in [0.15, 0.2) is 0 Å². The standard InChI is InChI=1S/C11H15N3O2S/c1-17-10-7-12-6-9(13-10)14-4-2-8(3-5-14)11(15)16/h6-8H,2-5H2,1H3,(H,15,16). The number of carboxylic acid groups (broad SMARTS) is 1. The minimum atomic E-state index is -0.686. The van der Waals surface area contributed by atoms with E-state index in [1.807, 2.05) is 6.26 Å². The van der Waals surface area contributed by atoms with Crippen molar-refractivity contribution in [3.8, 4) is 0 Å². The summed E-state index contributed by atoms with van der Waals surface area (Å²) in [7, 11) is 0. The average molecular weight is 253 g/mol. The molecule has 1 aliphatic heterocycles. The fourth-order valence-electron chi connectivity index (χ4n) is 1.94. The molecule has 1 aliphatic rings. The molecule has 0 amide bonds. The number of anilines is 1. The van der Waals surface area contributed by atoms with E-state index in [1.165, 1.54) is 0 Å². The van der Waals surface area contributed by atoms with Crippen LogP contribution in [0.5, 0.6) is 0 Å². The van der Waals surface area contributed by atoms with Gasteiger partial charge in [-0.25, -0.2) is 4.98 Å². The molecule has 92 valence electrons. The van der Waals surface area contributed by atoms with Gasteiger partial charge in [0.2, 0.25) is 0 Å². The van der Waals surface area contributed by atoms with E-state index in [4.69, 9.17) is 5.11 Å². The highest BCUT2D eigenvalue weighted by Gasteiger charge is 2.25. The Morgan fingerprint density at radius 1 is 1.47 bits per heavy atom. The van der Waals surface area contributed by atoms with Gasteiger partial charge in [0.1, 0.15) is 10.8 Å². The van der Waals surface area contributed by atoms with E-state index in [0.717, 1.165) is 23.9 Å². The number of rotatable bonds is 3. The summed E-state index contributed by atoms with van der Waals surface area (Å²) in [5.74, 6) is -0.0442. The molecule has 2 heterocycles. The third-order valence-electron chi connectivity index (χ3n) is 2.98. The lowest BCUT2D eigenvalue weighted by atomic mass is 9.97. The van der Waals surface area contributed by atoms with Gasteiger partial charge in [-0.05, 0) is 19.1 Å². The third kappa shape index (κ3) is 2.88. The van der Waals surface area contributed by atoms with Crippen LogP contribution in [-0.2, 0) is 4.79 Å². The van der Waals surface area contributed by atoms with Crippen molar-refractivity contribution in [2.45, 2.75) is 17.9 Å². The van der Waals surface area contributed by atoms with Crippen molar-refractivity contribution in [1.82, 2.24) is 9.97 Å². The Morgan fingerprint density at radius 2 is 2.18 bits per heavy atom. The molecule has 5 nitrogen and oxygen atoms in total. The van der Waals surface area contributed by atoms with Gasteiger partial charge in [-0.3, -0.25) is 9.78 Å². The number of aromatic nitrogens is 2. The monoisotopic (exact) mass is 253 g/mol. The molecule has 0 spiro atoms. The maximum Gasteiger partial charge on any atom is 0.306 e. The molecule has 0 saturated carbocycles. The summed E-state index contributed by atoms with van der Waals surface area (Å²) >= 11 is 1.56. The Hall–Kier alpha value is -1.30. The van der Waals surface area contributed by atoms with Crippen LogP contribution in [0.1, 0.15) is 12.8 Å². The molecular formula is C11H15N3O2S. The molecule has 0 atom stereocenters. The molecule has 1 aromatic rings. The Kier molecular flexibility index (Phi) is 3.83. The van der Waals surface area contributed by atoms with Crippen molar-refractivity contribution in [3.05, 3.63) is 12.4 Å². The van der Waals surface area contributed by atoms with E-state index >= 15 is 0 Å². The summed E-state index contributed by atoms with van der Waals surface area (Å²) in [5, 5.41) is 9.82. The lowest BCUT2D eigenvalue weighted by molar-refractivity contribution is -0.142. The fourth-order valence-corrected chi connectivity index (χ4v) is 2.30. The number of hydrogen-bond donors (Lipinski definition) is 1. The average Bonchev–Trinajstić information content (AvgIpc) is 2.39. The number of piperidine rings is 1. The first-order valence-electron chi connectivity index (χ1n) is 5.54. The highest BCUT2D eigenvalue weighted by molar-refractivity contribution is 7.98. The first-order chi connectivity index (χ1) is 8.20. The second kappa shape index (κ2) is 5.35. The van der Waals surface area contributed by atoms with Crippen LogP contribution in [0, 0.1) is 5.92 Å². The zero-order chi connectivity index (χ0) is 12.3. The van der Waals surface area contributed by atoms with Gasteiger partial charge in [-0.2, -0.15) is 0 Å². The molecule has 1 saturated heterocycles. The smallest absolute Gasteiger partial charge is 0.306 e. The van der Waals surface area contributed by atoms with Gasteiger partial charge >= 0.3 is 5.97 Å². The molecule has 1 aromatic heterocycles. The normalized spacial score (nSPS) is 17.1. The molecular weight excluding hydrogens is 238 g/mol. The summed E-state index contributed by atoms with van der Waals surface area (Å²) in [6.45, 7) is 1.48. The molecule has 0 aromatic carbocycles. The Balaban J connectivity index is 2.02. The lowest BCUT2D eigenvalue weighted by Gasteiger charge is -2.30. The first kappa shape index (κ1) is 12.2. The second-order valence-corrected chi connectivity index (χ2v) is 4.85. The summed E-state index contributed by atoms with van der Waals surface area (Å²) in [6.07, 6.45) is 6.80. The van der Waals surface area contributed by atoms with Crippen LogP contribution in [0.4, 0.5) is 5.82 Å². The maximum atomic E-state index is 10.8. The van der Waals surface area contributed by atoms with E-state index in [2.05, 4.69) is 14.9 Å². The Morgan fingerprint density at radius 3 is 2.76 bits per heavy atom. The topological polar surface area (TPSA) is 66.3 Å². The van der Waals surface area contributed by atoms with Gasteiger partial charge in [-0.1, -0.05) is 0 Å². The van der Waals surface area contributed by atoms with Crippen LogP contribution in [-0.4, -0.2) is 40.4 Å². The second-order valence-electron chi connectivity index (χ2n) is 4.02. The van der Waals surface area contributed by atoms with E-state index < -0.39 is 5.97 Å². The van der Waals surface area contributed by atoms with Crippen molar-refractivity contribution >= 4 is 23.5 Å². The van der Waals surface area contributed by atoms with Crippen LogP contribution >= 0.6 is 11.8 Å². The molecule has 0 aliphatic carbocycles. The number of nitrogens with zero attached hydrogens (tertiary/aromatic N) is 3. The summed E-state index contributed by atoms with van der Waals surface area (Å²) < 4.78 is 0. The number of carboxylic acids is 1. The summed E-state index contributed by atoms with van der Waals surface area (Å²) in [5.41, 5.74) is 0. The Labute approximate surface area is 104 Å². The highest BCUT2D eigenvalue weighted by atomic mass is 32.2.